The van der Waals surface area contributed by atoms with Crippen LogP contribution in [0.2, 0.25) is 0 Å². The zero-order valence-electron chi connectivity index (χ0n) is 16.6. The molecule has 2 aromatic rings. The fraction of sp³-hybridized carbons (Fsp3) is 0.350. The second-order valence-corrected chi connectivity index (χ2v) is 9.12. The number of nitrogens with one attached hydrogen (secondary N) is 1. The van der Waals surface area contributed by atoms with Gasteiger partial charge in [0.25, 0.3) is 5.91 Å². The van der Waals surface area contributed by atoms with Gasteiger partial charge in [0, 0.05) is 30.3 Å². The zero-order chi connectivity index (χ0) is 21.1. The number of hydrogen-bond acceptors (Lipinski definition) is 4. The molecule has 0 aliphatic carbocycles. The average Bonchev–Trinajstić information content (AvgIpc) is 2.60. The molecule has 152 valence electrons. The highest BCUT2D eigenvalue weighted by Gasteiger charge is 2.27. The molecule has 0 aliphatic heterocycles. The number of carbonyl (C=O) groups excluding carboxylic acids is 1. The summed E-state index contributed by atoms with van der Waals surface area (Å²) < 4.78 is 47.0. The third-order valence-corrected chi connectivity index (χ3v) is 5.63. The average molecular weight is 408 g/mol. The van der Waals surface area contributed by atoms with Crippen LogP contribution in [0.1, 0.15) is 36.7 Å². The van der Waals surface area contributed by atoms with E-state index in [0.717, 1.165) is 0 Å². The van der Waals surface area contributed by atoms with E-state index < -0.39 is 27.3 Å². The number of sulfonamides is 1. The molecule has 0 saturated carbocycles. The molecule has 0 unspecified atom stereocenters. The SMILES string of the molecule is COc1ccc(C(=O)N(C)Cc2ccccc2F)cc1S(=O)(=O)NC(C)(C)C. The topological polar surface area (TPSA) is 75.7 Å². The Balaban J connectivity index is 2.36. The van der Waals surface area contributed by atoms with Crippen molar-refractivity contribution in [1.82, 2.24) is 9.62 Å². The summed E-state index contributed by atoms with van der Waals surface area (Å²) >= 11 is 0. The molecule has 0 aliphatic rings. The Labute approximate surface area is 165 Å². The van der Waals surface area contributed by atoms with Crippen molar-refractivity contribution in [1.29, 1.82) is 0 Å². The van der Waals surface area contributed by atoms with E-state index in [2.05, 4.69) is 4.72 Å². The smallest absolute Gasteiger partial charge is 0.253 e. The molecule has 28 heavy (non-hydrogen) atoms. The van der Waals surface area contributed by atoms with Crippen molar-refractivity contribution < 1.29 is 22.3 Å². The first-order chi connectivity index (χ1) is 12.9. The number of carbonyl (C=O) groups is 1. The first-order valence-electron chi connectivity index (χ1n) is 8.65. The predicted octanol–water partition coefficient (Wildman–Crippen LogP) is 3.18. The lowest BCUT2D eigenvalue weighted by molar-refractivity contribution is 0.0783. The Bertz CT molecular complexity index is 968. The molecule has 2 rings (SSSR count). The van der Waals surface area contributed by atoms with Crippen LogP contribution in [0.15, 0.2) is 47.4 Å². The van der Waals surface area contributed by atoms with Gasteiger partial charge in [-0.05, 0) is 45.0 Å². The van der Waals surface area contributed by atoms with E-state index in [4.69, 9.17) is 4.74 Å². The van der Waals surface area contributed by atoms with Crippen molar-refractivity contribution in [2.24, 2.45) is 0 Å². The highest BCUT2D eigenvalue weighted by molar-refractivity contribution is 7.89. The number of rotatable bonds is 6. The van der Waals surface area contributed by atoms with E-state index in [1.165, 1.54) is 43.3 Å². The fourth-order valence-corrected chi connectivity index (χ4v) is 4.27. The first kappa shape index (κ1) is 21.8. The number of hydrogen-bond donors (Lipinski definition) is 1. The molecule has 0 saturated heterocycles. The van der Waals surface area contributed by atoms with Crippen LogP contribution in [0, 0.1) is 5.82 Å². The van der Waals surface area contributed by atoms with E-state index in [1.807, 2.05) is 0 Å². The molecule has 0 atom stereocenters. The Kier molecular flexibility index (Phi) is 6.46. The molecule has 0 heterocycles. The summed E-state index contributed by atoms with van der Waals surface area (Å²) in [7, 11) is -1.03. The molecule has 0 fully saturated rings. The minimum Gasteiger partial charge on any atom is -0.495 e. The van der Waals surface area contributed by atoms with Gasteiger partial charge in [0.05, 0.1) is 7.11 Å². The molecule has 0 radical (unpaired) electrons. The van der Waals surface area contributed by atoms with Crippen molar-refractivity contribution >= 4 is 15.9 Å². The van der Waals surface area contributed by atoms with Crippen molar-refractivity contribution in [3.05, 3.63) is 59.4 Å². The van der Waals surface area contributed by atoms with Crippen LogP contribution in [0.4, 0.5) is 4.39 Å². The molecule has 2 aromatic carbocycles. The summed E-state index contributed by atoms with van der Waals surface area (Å²) in [5.74, 6) is -0.710. The van der Waals surface area contributed by atoms with Crippen molar-refractivity contribution in [3.63, 3.8) is 0 Å². The van der Waals surface area contributed by atoms with Gasteiger partial charge in [-0.1, -0.05) is 18.2 Å². The summed E-state index contributed by atoms with van der Waals surface area (Å²) in [6.45, 7) is 5.20. The predicted molar refractivity (Wildman–Crippen MR) is 105 cm³/mol. The Morgan fingerprint density at radius 1 is 1.18 bits per heavy atom. The van der Waals surface area contributed by atoms with Gasteiger partial charge < -0.3 is 9.64 Å². The minimum absolute atomic E-state index is 0.0554. The summed E-state index contributed by atoms with van der Waals surface area (Å²) in [6, 6.07) is 10.4. The van der Waals surface area contributed by atoms with Crippen LogP contribution in [-0.4, -0.2) is 38.9 Å². The van der Waals surface area contributed by atoms with Gasteiger partial charge in [-0.2, -0.15) is 0 Å². The molecular formula is C20H25FN2O4S. The van der Waals surface area contributed by atoms with Gasteiger partial charge >= 0.3 is 0 Å². The summed E-state index contributed by atoms with van der Waals surface area (Å²) in [4.78, 5) is 14.0. The largest absolute Gasteiger partial charge is 0.495 e. The molecule has 8 heteroatoms. The number of benzene rings is 2. The van der Waals surface area contributed by atoms with Crippen LogP contribution in [0.5, 0.6) is 5.75 Å². The maximum atomic E-state index is 13.9. The zero-order valence-corrected chi connectivity index (χ0v) is 17.4. The highest BCUT2D eigenvalue weighted by atomic mass is 32.2. The molecular weight excluding hydrogens is 383 g/mol. The lowest BCUT2D eigenvalue weighted by atomic mass is 10.1. The normalized spacial score (nSPS) is 11.9. The van der Waals surface area contributed by atoms with E-state index in [0.29, 0.717) is 5.56 Å². The highest BCUT2D eigenvalue weighted by Crippen LogP contribution is 2.26. The third-order valence-electron chi connectivity index (χ3n) is 3.85. The maximum Gasteiger partial charge on any atom is 0.253 e. The van der Waals surface area contributed by atoms with Gasteiger partial charge in [-0.25, -0.2) is 17.5 Å². The first-order valence-corrected chi connectivity index (χ1v) is 10.1. The van der Waals surface area contributed by atoms with Crippen LogP contribution >= 0.6 is 0 Å². The van der Waals surface area contributed by atoms with Gasteiger partial charge in [0.2, 0.25) is 10.0 Å². The standard InChI is InChI=1S/C20H25FN2O4S/c1-20(2,3)22-28(25,26)18-12-14(10-11-17(18)27-5)19(24)23(4)13-15-8-6-7-9-16(15)21/h6-12,22H,13H2,1-5H3. The van der Waals surface area contributed by atoms with Crippen LogP contribution < -0.4 is 9.46 Å². The molecule has 0 aromatic heterocycles. The van der Waals surface area contributed by atoms with Crippen molar-refractivity contribution in [2.75, 3.05) is 14.2 Å². The Morgan fingerprint density at radius 3 is 2.39 bits per heavy atom. The van der Waals surface area contributed by atoms with Crippen LogP contribution in [0.3, 0.4) is 0 Å². The molecule has 6 nitrogen and oxygen atoms in total. The van der Waals surface area contributed by atoms with Gasteiger partial charge in [-0.3, -0.25) is 4.79 Å². The number of methoxy groups -OCH3 is 1. The fourth-order valence-electron chi connectivity index (χ4n) is 2.65. The maximum absolute atomic E-state index is 13.9. The van der Waals surface area contributed by atoms with Crippen LogP contribution in [-0.2, 0) is 16.6 Å². The van der Waals surface area contributed by atoms with Gasteiger partial charge in [0.15, 0.2) is 0 Å². The van der Waals surface area contributed by atoms with Crippen LogP contribution in [0.25, 0.3) is 0 Å². The quantitative estimate of drug-likeness (QED) is 0.797. The van der Waals surface area contributed by atoms with E-state index >= 15 is 0 Å². The third kappa shape index (κ3) is 5.30. The lowest BCUT2D eigenvalue weighted by Gasteiger charge is -2.22. The minimum atomic E-state index is -3.91. The summed E-state index contributed by atoms with van der Waals surface area (Å²) in [5, 5.41) is 0. The number of ether oxygens (including phenoxy) is 1. The van der Waals surface area contributed by atoms with Gasteiger partial charge in [-0.15, -0.1) is 0 Å². The molecule has 1 N–H and O–H groups in total. The number of amides is 1. The monoisotopic (exact) mass is 408 g/mol. The molecule has 0 spiro atoms. The molecule has 0 bridgehead atoms. The summed E-state index contributed by atoms with van der Waals surface area (Å²) in [5.41, 5.74) is -0.172. The number of halogens is 1. The van der Waals surface area contributed by atoms with Crippen molar-refractivity contribution in [3.8, 4) is 5.75 Å². The molecule has 1 amide bonds. The second-order valence-electron chi connectivity index (χ2n) is 7.47. The van der Waals surface area contributed by atoms with E-state index in [9.17, 15) is 17.6 Å². The van der Waals surface area contributed by atoms with E-state index in [1.54, 1.807) is 39.0 Å². The van der Waals surface area contributed by atoms with Crippen molar-refractivity contribution in [2.45, 2.75) is 37.8 Å². The summed E-state index contributed by atoms with van der Waals surface area (Å²) in [6.07, 6.45) is 0. The Hall–Kier alpha value is -2.45. The second kappa shape index (κ2) is 8.28. The van der Waals surface area contributed by atoms with E-state index in [-0.39, 0.29) is 22.8 Å². The Morgan fingerprint density at radius 2 is 1.82 bits per heavy atom. The number of nitrogens with zero attached hydrogens (tertiary/aromatic N) is 1. The lowest BCUT2D eigenvalue weighted by Crippen LogP contribution is -2.40. The van der Waals surface area contributed by atoms with Gasteiger partial charge in [0.1, 0.15) is 16.5 Å².